The van der Waals surface area contributed by atoms with Crippen molar-refractivity contribution < 1.29 is 13.6 Å². The molecule has 1 aromatic heterocycles. The molecular weight excluding hydrogens is 362 g/mol. The zero-order valence-corrected chi connectivity index (χ0v) is 15.3. The van der Waals surface area contributed by atoms with Crippen molar-refractivity contribution >= 4 is 39.2 Å². The molecule has 0 fully saturated rings. The van der Waals surface area contributed by atoms with Gasteiger partial charge in [-0.05, 0) is 37.3 Å². The van der Waals surface area contributed by atoms with E-state index in [0.717, 1.165) is 27.4 Å². The maximum atomic E-state index is 13.2. The second-order valence-corrected chi connectivity index (χ2v) is 7.68. The molecule has 0 aliphatic rings. The average Bonchev–Trinajstić information content (AvgIpc) is 3.05. The minimum Gasteiger partial charge on any atom is -0.336 e. The standard InChI is InChI=1S/C18H16F2N2OS2/c1-11(18-21-15-5-3-4-6-16(15)25-18)22(2)17(23)10-24-12-7-8-13(19)14(20)9-12/h3-9,11H,10H2,1-2H3/t11-/m1/s1. The maximum absolute atomic E-state index is 13.2. The molecule has 0 saturated carbocycles. The van der Waals surface area contributed by atoms with Gasteiger partial charge in [0.05, 0.1) is 22.0 Å². The van der Waals surface area contributed by atoms with Crippen LogP contribution in [0.3, 0.4) is 0 Å². The smallest absolute Gasteiger partial charge is 0.233 e. The van der Waals surface area contributed by atoms with Crippen LogP contribution in [0.25, 0.3) is 10.2 Å². The molecule has 0 aliphatic heterocycles. The summed E-state index contributed by atoms with van der Waals surface area (Å²) in [4.78, 5) is 19.1. The maximum Gasteiger partial charge on any atom is 0.233 e. The Morgan fingerprint density at radius 2 is 2.00 bits per heavy atom. The molecule has 3 rings (SSSR count). The van der Waals surface area contributed by atoms with Gasteiger partial charge >= 0.3 is 0 Å². The Bertz CT molecular complexity index is 880. The van der Waals surface area contributed by atoms with Crippen LogP contribution in [-0.4, -0.2) is 28.6 Å². The van der Waals surface area contributed by atoms with Crippen molar-refractivity contribution in [3.63, 3.8) is 0 Å². The van der Waals surface area contributed by atoms with Gasteiger partial charge < -0.3 is 4.90 Å². The van der Waals surface area contributed by atoms with Gasteiger partial charge in [0, 0.05) is 11.9 Å². The van der Waals surface area contributed by atoms with Gasteiger partial charge in [0.2, 0.25) is 5.91 Å². The molecule has 0 saturated heterocycles. The molecule has 25 heavy (non-hydrogen) atoms. The van der Waals surface area contributed by atoms with Gasteiger partial charge in [0.1, 0.15) is 5.01 Å². The van der Waals surface area contributed by atoms with Crippen molar-refractivity contribution in [3.05, 3.63) is 59.1 Å². The Labute approximate surface area is 152 Å². The molecule has 0 radical (unpaired) electrons. The van der Waals surface area contributed by atoms with Gasteiger partial charge in [-0.2, -0.15) is 0 Å². The monoisotopic (exact) mass is 378 g/mol. The number of fused-ring (bicyclic) bond motifs is 1. The van der Waals surface area contributed by atoms with Crippen molar-refractivity contribution in [1.29, 1.82) is 0 Å². The van der Waals surface area contributed by atoms with Crippen molar-refractivity contribution in [1.82, 2.24) is 9.88 Å². The lowest BCUT2D eigenvalue weighted by Gasteiger charge is -2.23. The summed E-state index contributed by atoms with van der Waals surface area (Å²) in [5.74, 6) is -1.75. The molecule has 0 aliphatic carbocycles. The second-order valence-electron chi connectivity index (χ2n) is 5.57. The van der Waals surface area contributed by atoms with Gasteiger partial charge in [-0.25, -0.2) is 13.8 Å². The Balaban J connectivity index is 1.65. The topological polar surface area (TPSA) is 33.2 Å². The van der Waals surface area contributed by atoms with E-state index in [-0.39, 0.29) is 17.7 Å². The number of halogens is 2. The number of aromatic nitrogens is 1. The van der Waals surface area contributed by atoms with E-state index in [2.05, 4.69) is 4.98 Å². The minimum atomic E-state index is -0.909. The van der Waals surface area contributed by atoms with Crippen molar-refractivity contribution in [2.45, 2.75) is 17.9 Å². The number of rotatable bonds is 5. The molecule has 0 unspecified atom stereocenters. The Kier molecular flexibility index (Phi) is 5.34. The first kappa shape index (κ1) is 17.8. The number of hydrogen-bond acceptors (Lipinski definition) is 4. The molecule has 3 nitrogen and oxygen atoms in total. The summed E-state index contributed by atoms with van der Waals surface area (Å²) in [5.41, 5.74) is 0.923. The molecule has 130 valence electrons. The van der Waals surface area contributed by atoms with Crippen LogP contribution in [-0.2, 0) is 4.79 Å². The van der Waals surface area contributed by atoms with Crippen LogP contribution in [0.5, 0.6) is 0 Å². The van der Waals surface area contributed by atoms with E-state index in [1.807, 2.05) is 31.2 Å². The van der Waals surface area contributed by atoms with Crippen LogP contribution >= 0.6 is 23.1 Å². The predicted molar refractivity (Wildman–Crippen MR) is 97.9 cm³/mol. The fraction of sp³-hybridized carbons (Fsp3) is 0.222. The third kappa shape index (κ3) is 3.99. The van der Waals surface area contributed by atoms with Gasteiger partial charge in [0.15, 0.2) is 11.6 Å². The minimum absolute atomic E-state index is 0.0958. The largest absolute Gasteiger partial charge is 0.336 e. The first-order valence-corrected chi connectivity index (χ1v) is 9.45. The molecule has 1 amide bonds. The van der Waals surface area contributed by atoms with E-state index in [0.29, 0.717) is 4.90 Å². The van der Waals surface area contributed by atoms with Crippen LogP contribution in [0.1, 0.15) is 18.0 Å². The Hall–Kier alpha value is -1.99. The summed E-state index contributed by atoms with van der Waals surface area (Å²) < 4.78 is 27.2. The molecule has 7 heteroatoms. The number of carbonyl (C=O) groups is 1. The first-order chi connectivity index (χ1) is 12.0. The van der Waals surface area contributed by atoms with Crippen LogP contribution in [0, 0.1) is 11.6 Å². The molecule has 2 aromatic carbocycles. The highest BCUT2D eigenvalue weighted by molar-refractivity contribution is 8.00. The second kappa shape index (κ2) is 7.49. The lowest BCUT2D eigenvalue weighted by atomic mass is 10.3. The SMILES string of the molecule is C[C@H](c1nc2ccccc2s1)N(C)C(=O)CSc1ccc(F)c(F)c1. The van der Waals surface area contributed by atoms with Gasteiger partial charge in [-0.15, -0.1) is 23.1 Å². The Morgan fingerprint density at radius 1 is 1.24 bits per heavy atom. The zero-order chi connectivity index (χ0) is 18.0. The van der Waals surface area contributed by atoms with Crippen molar-refractivity contribution in [2.24, 2.45) is 0 Å². The molecular formula is C18H16F2N2OS2. The van der Waals surface area contributed by atoms with Crippen LogP contribution in [0.4, 0.5) is 8.78 Å². The van der Waals surface area contributed by atoms with Gasteiger partial charge in [-0.3, -0.25) is 4.79 Å². The zero-order valence-electron chi connectivity index (χ0n) is 13.7. The number of nitrogens with zero attached hydrogens (tertiary/aromatic N) is 2. The first-order valence-electron chi connectivity index (χ1n) is 7.64. The van der Waals surface area contributed by atoms with Crippen LogP contribution in [0.15, 0.2) is 47.4 Å². The Morgan fingerprint density at radius 3 is 2.72 bits per heavy atom. The van der Waals surface area contributed by atoms with E-state index >= 15 is 0 Å². The number of thiazole rings is 1. The van der Waals surface area contributed by atoms with Gasteiger partial charge in [-0.1, -0.05) is 12.1 Å². The number of amides is 1. The summed E-state index contributed by atoms with van der Waals surface area (Å²) in [7, 11) is 1.73. The number of thioether (sulfide) groups is 1. The van der Waals surface area contributed by atoms with Crippen LogP contribution in [0.2, 0.25) is 0 Å². The lowest BCUT2D eigenvalue weighted by molar-refractivity contribution is -0.128. The molecule has 3 aromatic rings. The van der Waals surface area contributed by atoms with E-state index in [1.54, 1.807) is 23.3 Å². The summed E-state index contributed by atoms with van der Waals surface area (Å²) in [6.45, 7) is 1.93. The number of para-hydroxylation sites is 1. The highest BCUT2D eigenvalue weighted by Gasteiger charge is 2.20. The summed E-state index contributed by atoms with van der Waals surface area (Å²) in [6.07, 6.45) is 0. The third-order valence-corrected chi connectivity index (χ3v) is 6.08. The average molecular weight is 378 g/mol. The number of carbonyl (C=O) groups excluding carboxylic acids is 1. The molecule has 1 atom stereocenters. The number of hydrogen-bond donors (Lipinski definition) is 0. The number of benzene rings is 2. The fourth-order valence-electron chi connectivity index (χ4n) is 2.26. The molecule has 0 N–H and O–H groups in total. The quantitative estimate of drug-likeness (QED) is 0.593. The lowest BCUT2D eigenvalue weighted by Crippen LogP contribution is -2.31. The van der Waals surface area contributed by atoms with E-state index in [1.165, 1.54) is 17.8 Å². The van der Waals surface area contributed by atoms with Crippen molar-refractivity contribution in [3.8, 4) is 0 Å². The summed E-state index contributed by atoms with van der Waals surface area (Å²) in [6, 6.07) is 11.3. The van der Waals surface area contributed by atoms with E-state index in [9.17, 15) is 13.6 Å². The highest BCUT2D eigenvalue weighted by atomic mass is 32.2. The molecule has 1 heterocycles. The summed E-state index contributed by atoms with van der Waals surface area (Å²) in [5, 5.41) is 0.870. The normalized spacial score (nSPS) is 12.3. The molecule has 0 spiro atoms. The van der Waals surface area contributed by atoms with Gasteiger partial charge in [0.25, 0.3) is 0 Å². The van der Waals surface area contributed by atoms with Crippen molar-refractivity contribution in [2.75, 3.05) is 12.8 Å². The molecule has 0 bridgehead atoms. The fourth-order valence-corrected chi connectivity index (χ4v) is 4.17. The summed E-state index contributed by atoms with van der Waals surface area (Å²) >= 11 is 2.75. The van der Waals surface area contributed by atoms with E-state index in [4.69, 9.17) is 0 Å². The van der Waals surface area contributed by atoms with E-state index < -0.39 is 11.6 Å². The van der Waals surface area contributed by atoms with Crippen LogP contribution < -0.4 is 0 Å². The third-order valence-electron chi connectivity index (χ3n) is 3.90. The highest BCUT2D eigenvalue weighted by Crippen LogP contribution is 2.29. The predicted octanol–water partition coefficient (Wildman–Crippen LogP) is 4.89.